The third kappa shape index (κ3) is 3.10. The summed E-state index contributed by atoms with van der Waals surface area (Å²) in [5.41, 5.74) is 10.3. The predicted molar refractivity (Wildman–Crippen MR) is 87.7 cm³/mol. The summed E-state index contributed by atoms with van der Waals surface area (Å²) in [5, 5.41) is 3.07. The molecule has 0 spiro atoms. The van der Waals surface area contributed by atoms with Crippen LogP contribution in [0.2, 0.25) is 0 Å². The molecule has 1 amide bonds. The summed E-state index contributed by atoms with van der Waals surface area (Å²) in [6.45, 7) is 6.90. The minimum Gasteiger partial charge on any atom is -0.397 e. The molecule has 1 aromatic heterocycles. The van der Waals surface area contributed by atoms with Crippen molar-refractivity contribution in [1.82, 2.24) is 4.57 Å². The SMILES string of the molecule is CCc1cccc(CC)c1NC(=O)c1cc(N)cn1CC. The van der Waals surface area contributed by atoms with E-state index >= 15 is 0 Å². The lowest BCUT2D eigenvalue weighted by Gasteiger charge is -2.15. The van der Waals surface area contributed by atoms with E-state index in [1.54, 1.807) is 12.3 Å². The molecule has 1 heterocycles. The largest absolute Gasteiger partial charge is 0.397 e. The number of nitrogen functional groups attached to an aromatic ring is 1. The first kappa shape index (κ1) is 15.2. The molecule has 0 fully saturated rings. The summed E-state index contributed by atoms with van der Waals surface area (Å²) in [5.74, 6) is -0.107. The second-order valence-corrected chi connectivity index (χ2v) is 5.06. The Bertz CT molecular complexity index is 621. The highest BCUT2D eigenvalue weighted by molar-refractivity contribution is 6.04. The fourth-order valence-electron chi connectivity index (χ4n) is 2.57. The van der Waals surface area contributed by atoms with Crippen LogP contribution >= 0.6 is 0 Å². The van der Waals surface area contributed by atoms with Gasteiger partial charge < -0.3 is 15.6 Å². The zero-order valence-electron chi connectivity index (χ0n) is 12.9. The van der Waals surface area contributed by atoms with Gasteiger partial charge in [-0.3, -0.25) is 4.79 Å². The number of aromatic nitrogens is 1. The molecule has 0 saturated heterocycles. The molecular weight excluding hydrogens is 262 g/mol. The lowest BCUT2D eigenvalue weighted by Crippen LogP contribution is -2.18. The molecule has 0 saturated carbocycles. The van der Waals surface area contributed by atoms with E-state index in [-0.39, 0.29) is 5.91 Å². The molecular formula is C17H23N3O. The van der Waals surface area contributed by atoms with Gasteiger partial charge in [-0.25, -0.2) is 0 Å². The second-order valence-electron chi connectivity index (χ2n) is 5.06. The van der Waals surface area contributed by atoms with Crippen LogP contribution in [0.3, 0.4) is 0 Å². The van der Waals surface area contributed by atoms with Gasteiger partial charge in [0, 0.05) is 18.4 Å². The molecule has 0 atom stereocenters. The van der Waals surface area contributed by atoms with Crippen LogP contribution in [-0.4, -0.2) is 10.5 Å². The average molecular weight is 285 g/mol. The van der Waals surface area contributed by atoms with Gasteiger partial charge >= 0.3 is 0 Å². The molecule has 0 aliphatic heterocycles. The minimum absolute atomic E-state index is 0.107. The molecule has 0 aliphatic carbocycles. The van der Waals surface area contributed by atoms with Crippen LogP contribution in [0.1, 0.15) is 42.4 Å². The fraction of sp³-hybridized carbons (Fsp3) is 0.353. The lowest BCUT2D eigenvalue weighted by molar-refractivity contribution is 0.101. The standard InChI is InChI=1S/C17H23N3O/c1-4-12-8-7-9-13(5-2)16(12)19-17(21)15-10-14(18)11-20(15)6-3/h7-11H,4-6,18H2,1-3H3,(H,19,21). The Balaban J connectivity index is 2.35. The molecule has 2 aromatic rings. The molecule has 0 bridgehead atoms. The Hall–Kier alpha value is -2.23. The topological polar surface area (TPSA) is 60.1 Å². The smallest absolute Gasteiger partial charge is 0.272 e. The molecule has 4 heteroatoms. The van der Waals surface area contributed by atoms with Crippen LogP contribution in [-0.2, 0) is 19.4 Å². The van der Waals surface area contributed by atoms with Crippen molar-refractivity contribution < 1.29 is 4.79 Å². The van der Waals surface area contributed by atoms with Gasteiger partial charge in [0.15, 0.2) is 0 Å². The Morgan fingerprint density at radius 1 is 1.19 bits per heavy atom. The quantitative estimate of drug-likeness (QED) is 0.883. The molecule has 2 rings (SSSR count). The highest BCUT2D eigenvalue weighted by Crippen LogP contribution is 2.23. The van der Waals surface area contributed by atoms with E-state index in [4.69, 9.17) is 5.73 Å². The van der Waals surface area contributed by atoms with Crippen molar-refractivity contribution in [2.24, 2.45) is 0 Å². The van der Waals surface area contributed by atoms with Crippen LogP contribution in [0.15, 0.2) is 30.5 Å². The maximum Gasteiger partial charge on any atom is 0.272 e. The van der Waals surface area contributed by atoms with Crippen molar-refractivity contribution in [2.45, 2.75) is 40.2 Å². The van der Waals surface area contributed by atoms with E-state index < -0.39 is 0 Å². The molecule has 3 N–H and O–H groups in total. The van der Waals surface area contributed by atoms with E-state index in [0.29, 0.717) is 11.4 Å². The van der Waals surface area contributed by atoms with Gasteiger partial charge in [0.25, 0.3) is 5.91 Å². The maximum atomic E-state index is 12.6. The van der Waals surface area contributed by atoms with Gasteiger partial charge in [0.1, 0.15) is 5.69 Å². The van der Waals surface area contributed by atoms with Gasteiger partial charge in [-0.1, -0.05) is 32.0 Å². The van der Waals surface area contributed by atoms with Crippen LogP contribution in [0.5, 0.6) is 0 Å². The molecule has 112 valence electrons. The van der Waals surface area contributed by atoms with Crippen molar-refractivity contribution in [3.05, 3.63) is 47.3 Å². The average Bonchev–Trinajstić information content (AvgIpc) is 2.88. The number of nitrogens with two attached hydrogens (primary N) is 1. The van der Waals surface area contributed by atoms with Crippen LogP contribution in [0.4, 0.5) is 11.4 Å². The van der Waals surface area contributed by atoms with Crippen LogP contribution in [0, 0.1) is 0 Å². The van der Waals surface area contributed by atoms with Crippen molar-refractivity contribution in [2.75, 3.05) is 11.1 Å². The molecule has 0 unspecified atom stereocenters. The maximum absolute atomic E-state index is 12.6. The van der Waals surface area contributed by atoms with Gasteiger partial charge in [-0.15, -0.1) is 0 Å². The molecule has 0 radical (unpaired) electrons. The number of hydrogen-bond acceptors (Lipinski definition) is 2. The minimum atomic E-state index is -0.107. The van der Waals surface area contributed by atoms with E-state index in [1.807, 2.05) is 17.6 Å². The summed E-state index contributed by atoms with van der Waals surface area (Å²) >= 11 is 0. The van der Waals surface area contributed by atoms with Gasteiger partial charge in [0.2, 0.25) is 0 Å². The number of nitrogens with zero attached hydrogens (tertiary/aromatic N) is 1. The Kier molecular flexibility index (Phi) is 4.68. The number of rotatable bonds is 5. The predicted octanol–water partition coefficient (Wildman–Crippen LogP) is 3.47. The third-order valence-corrected chi connectivity index (χ3v) is 3.73. The van der Waals surface area contributed by atoms with E-state index in [1.165, 1.54) is 0 Å². The number of nitrogens with one attached hydrogen (secondary N) is 1. The van der Waals surface area contributed by atoms with Gasteiger partial charge in [0.05, 0.1) is 5.69 Å². The van der Waals surface area contributed by atoms with E-state index in [0.717, 1.165) is 36.2 Å². The normalized spacial score (nSPS) is 10.6. The van der Waals surface area contributed by atoms with Gasteiger partial charge in [-0.05, 0) is 37.0 Å². The van der Waals surface area contributed by atoms with Crippen LogP contribution in [0.25, 0.3) is 0 Å². The highest BCUT2D eigenvalue weighted by Gasteiger charge is 2.15. The van der Waals surface area contributed by atoms with Crippen LogP contribution < -0.4 is 11.1 Å². The number of carbonyl (C=O) groups is 1. The number of amides is 1. The fourth-order valence-corrected chi connectivity index (χ4v) is 2.57. The number of benzene rings is 1. The highest BCUT2D eigenvalue weighted by atomic mass is 16.1. The molecule has 0 aliphatic rings. The number of carbonyl (C=O) groups excluding carboxylic acids is 1. The van der Waals surface area contributed by atoms with Crippen molar-refractivity contribution in [1.29, 1.82) is 0 Å². The molecule has 1 aromatic carbocycles. The van der Waals surface area contributed by atoms with Crippen molar-refractivity contribution in [3.8, 4) is 0 Å². The number of anilines is 2. The zero-order valence-corrected chi connectivity index (χ0v) is 12.9. The summed E-state index contributed by atoms with van der Waals surface area (Å²) in [6.07, 6.45) is 3.57. The first-order valence-electron chi connectivity index (χ1n) is 7.48. The van der Waals surface area contributed by atoms with E-state index in [2.05, 4.69) is 31.3 Å². The summed E-state index contributed by atoms with van der Waals surface area (Å²) < 4.78 is 1.87. The monoisotopic (exact) mass is 285 g/mol. The molecule has 21 heavy (non-hydrogen) atoms. The number of hydrogen-bond donors (Lipinski definition) is 2. The summed E-state index contributed by atoms with van der Waals surface area (Å²) in [6, 6.07) is 7.88. The van der Waals surface area contributed by atoms with E-state index in [9.17, 15) is 4.79 Å². The first-order valence-corrected chi connectivity index (χ1v) is 7.48. The number of para-hydroxylation sites is 1. The summed E-state index contributed by atoms with van der Waals surface area (Å²) in [7, 11) is 0. The lowest BCUT2D eigenvalue weighted by atomic mass is 10.0. The summed E-state index contributed by atoms with van der Waals surface area (Å²) in [4.78, 5) is 12.6. The first-order chi connectivity index (χ1) is 10.1. The van der Waals surface area contributed by atoms with Crippen molar-refractivity contribution in [3.63, 3.8) is 0 Å². The van der Waals surface area contributed by atoms with Crippen molar-refractivity contribution >= 4 is 17.3 Å². The van der Waals surface area contributed by atoms with Gasteiger partial charge in [-0.2, -0.15) is 0 Å². The Morgan fingerprint density at radius 2 is 1.81 bits per heavy atom. The zero-order chi connectivity index (χ0) is 15.4. The number of aryl methyl sites for hydroxylation is 3. The third-order valence-electron chi connectivity index (χ3n) is 3.73. The second kappa shape index (κ2) is 6.48. The Labute approximate surface area is 126 Å². The Morgan fingerprint density at radius 3 is 2.33 bits per heavy atom. The molecule has 4 nitrogen and oxygen atoms in total.